The minimum Gasteiger partial charge on any atom is -1.00 e. The average molecular weight is 258 g/mol. The summed E-state index contributed by atoms with van der Waals surface area (Å²) >= 11 is 5.70. The minimum absolute atomic E-state index is 0. The first-order valence-corrected chi connectivity index (χ1v) is 3.74. The van der Waals surface area contributed by atoms with Crippen molar-refractivity contribution in [2.45, 2.75) is 12.8 Å². The maximum Gasteiger partial charge on any atom is 2.00 e. The van der Waals surface area contributed by atoms with E-state index < -0.39 is 0 Å². The molecule has 0 heterocycles. The van der Waals surface area contributed by atoms with Gasteiger partial charge >= 0.3 is 23.1 Å². The van der Waals surface area contributed by atoms with Crippen LogP contribution in [0, 0.1) is 6.92 Å². The molecule has 0 unspecified atom stereocenters. The summed E-state index contributed by atoms with van der Waals surface area (Å²) in [5, 5.41) is 0.799. The Morgan fingerprint density at radius 3 is 2.08 bits per heavy atom. The zero-order valence-electron chi connectivity index (χ0n) is 6.89. The van der Waals surface area contributed by atoms with Crippen molar-refractivity contribution in [3.63, 3.8) is 0 Å². The molecule has 0 N–H and O–H groups in total. The van der Waals surface area contributed by atoms with Gasteiger partial charge in [-0.25, -0.2) is 0 Å². The molecule has 0 amide bonds. The predicted molar refractivity (Wildman–Crippen MR) is 50.9 cm³/mol. The molecule has 12 heavy (non-hydrogen) atoms. The fraction of sp³-hybridized carbons (Fsp3) is 0.222. The van der Waals surface area contributed by atoms with Gasteiger partial charge in [-0.1, -0.05) is 35.7 Å². The second-order valence-electron chi connectivity index (χ2n) is 2.23. The summed E-state index contributed by atoms with van der Waals surface area (Å²) in [7, 11) is 0. The van der Waals surface area contributed by atoms with E-state index in [1.54, 1.807) is 0 Å². The van der Waals surface area contributed by atoms with Crippen LogP contribution in [0.15, 0.2) is 24.3 Å². The zero-order chi connectivity index (χ0) is 7.40. The number of rotatable bonds is 2. The van der Waals surface area contributed by atoms with Crippen molar-refractivity contribution >= 4 is 34.7 Å². The number of hydrogen-bond acceptors (Lipinski definition) is 0. The predicted octanol–water partition coefficient (Wildman–Crippen LogP) is -0.270. The van der Waals surface area contributed by atoms with Crippen LogP contribution in [0.3, 0.4) is 0 Å². The maximum absolute atomic E-state index is 5.70. The molecule has 62 valence electrons. The van der Waals surface area contributed by atoms with Gasteiger partial charge in [-0.05, 0) is 12.1 Å². The fourth-order valence-electron chi connectivity index (χ4n) is 0.855. The standard InChI is InChI=1S/C9H10Cl.BrH.Mg/c1-2-3-8-4-6-9(10)7-5-8;;/h4-7H,1-3H2;1H;/q-1;;+2/p-1. The molecular weight excluding hydrogens is 248 g/mol. The van der Waals surface area contributed by atoms with Crippen molar-refractivity contribution < 1.29 is 17.0 Å². The van der Waals surface area contributed by atoms with Gasteiger partial charge in [0.2, 0.25) is 0 Å². The van der Waals surface area contributed by atoms with Crippen LogP contribution >= 0.6 is 11.6 Å². The van der Waals surface area contributed by atoms with Crippen LogP contribution in [0.4, 0.5) is 0 Å². The molecule has 0 aromatic heterocycles. The van der Waals surface area contributed by atoms with Gasteiger partial charge in [0.25, 0.3) is 0 Å². The van der Waals surface area contributed by atoms with Gasteiger partial charge in [0.05, 0.1) is 0 Å². The van der Waals surface area contributed by atoms with Crippen molar-refractivity contribution in [3.8, 4) is 0 Å². The monoisotopic (exact) mass is 256 g/mol. The average Bonchev–Trinajstić information content (AvgIpc) is 1.95. The second-order valence-corrected chi connectivity index (χ2v) is 2.67. The number of aryl methyl sites for hydroxylation is 1. The van der Waals surface area contributed by atoms with E-state index in [0.717, 1.165) is 17.9 Å². The van der Waals surface area contributed by atoms with E-state index in [2.05, 4.69) is 6.92 Å². The van der Waals surface area contributed by atoms with Gasteiger partial charge in [-0.15, -0.1) is 0 Å². The van der Waals surface area contributed by atoms with E-state index in [4.69, 9.17) is 11.6 Å². The van der Waals surface area contributed by atoms with Crippen LogP contribution in [-0.2, 0) is 6.42 Å². The molecule has 0 nitrogen and oxygen atoms in total. The third kappa shape index (κ3) is 5.41. The summed E-state index contributed by atoms with van der Waals surface area (Å²) in [6.07, 6.45) is 1.98. The first-order chi connectivity index (χ1) is 4.83. The van der Waals surface area contributed by atoms with Crippen LogP contribution in [0.1, 0.15) is 12.0 Å². The number of benzene rings is 1. The molecule has 0 bridgehead atoms. The summed E-state index contributed by atoms with van der Waals surface area (Å²) in [6, 6.07) is 7.89. The van der Waals surface area contributed by atoms with Gasteiger partial charge in [0, 0.05) is 5.02 Å². The van der Waals surface area contributed by atoms with Crippen LogP contribution in [0.5, 0.6) is 0 Å². The summed E-state index contributed by atoms with van der Waals surface area (Å²) in [4.78, 5) is 0. The molecule has 0 saturated carbocycles. The Morgan fingerprint density at radius 2 is 1.67 bits per heavy atom. The second kappa shape index (κ2) is 8.36. The van der Waals surface area contributed by atoms with E-state index in [1.807, 2.05) is 24.3 Å². The van der Waals surface area contributed by atoms with E-state index in [9.17, 15) is 0 Å². The Hall–Kier alpha value is 0.756. The first-order valence-electron chi connectivity index (χ1n) is 3.36. The molecule has 0 fully saturated rings. The Kier molecular flexibility index (Phi) is 10.6. The van der Waals surface area contributed by atoms with E-state index in [-0.39, 0.29) is 40.0 Å². The van der Waals surface area contributed by atoms with Gasteiger partial charge in [0.15, 0.2) is 0 Å². The van der Waals surface area contributed by atoms with E-state index >= 15 is 0 Å². The molecule has 1 aromatic carbocycles. The van der Waals surface area contributed by atoms with Crippen molar-refractivity contribution in [2.24, 2.45) is 0 Å². The molecule has 0 aliphatic carbocycles. The fourth-order valence-corrected chi connectivity index (χ4v) is 0.981. The van der Waals surface area contributed by atoms with E-state index in [0.29, 0.717) is 0 Å². The molecular formula is C9H10BrClMg. The third-order valence-corrected chi connectivity index (χ3v) is 1.63. The van der Waals surface area contributed by atoms with Crippen molar-refractivity contribution in [3.05, 3.63) is 41.8 Å². The molecule has 0 saturated heterocycles. The normalized spacial score (nSPS) is 8.17. The molecule has 0 atom stereocenters. The van der Waals surface area contributed by atoms with Crippen molar-refractivity contribution in [2.75, 3.05) is 0 Å². The molecule has 0 radical (unpaired) electrons. The molecule has 1 rings (SSSR count). The van der Waals surface area contributed by atoms with Gasteiger partial charge < -0.3 is 23.9 Å². The summed E-state index contributed by atoms with van der Waals surface area (Å²) < 4.78 is 0. The smallest absolute Gasteiger partial charge is 1.00 e. The van der Waals surface area contributed by atoms with Crippen LogP contribution in [0.2, 0.25) is 5.02 Å². The molecule has 0 aliphatic rings. The first kappa shape index (κ1) is 15.2. The van der Waals surface area contributed by atoms with E-state index in [1.165, 1.54) is 5.56 Å². The van der Waals surface area contributed by atoms with Gasteiger partial charge in [-0.3, -0.25) is 0 Å². The Balaban J connectivity index is 0. The molecule has 0 spiro atoms. The molecule has 3 heteroatoms. The molecule has 1 aromatic rings. The molecule has 0 aliphatic heterocycles. The Bertz CT molecular complexity index is 198. The van der Waals surface area contributed by atoms with Gasteiger partial charge in [0.1, 0.15) is 0 Å². The van der Waals surface area contributed by atoms with Gasteiger partial charge in [-0.2, -0.15) is 6.42 Å². The SMILES string of the molecule is [Br-].[CH2-]CCc1ccc(Cl)cc1.[Mg+2]. The van der Waals surface area contributed by atoms with Crippen molar-refractivity contribution in [1.82, 2.24) is 0 Å². The quantitative estimate of drug-likeness (QED) is 0.506. The third-order valence-electron chi connectivity index (χ3n) is 1.38. The van der Waals surface area contributed by atoms with Crippen LogP contribution in [0.25, 0.3) is 0 Å². The maximum atomic E-state index is 5.70. The van der Waals surface area contributed by atoms with Crippen LogP contribution in [-0.4, -0.2) is 23.1 Å². The zero-order valence-corrected chi connectivity index (χ0v) is 10.6. The Labute approximate surface area is 106 Å². The summed E-state index contributed by atoms with van der Waals surface area (Å²) in [6.45, 7) is 3.77. The topological polar surface area (TPSA) is 0 Å². The number of hydrogen-bond donors (Lipinski definition) is 0. The van der Waals surface area contributed by atoms with Crippen LogP contribution < -0.4 is 17.0 Å². The Morgan fingerprint density at radius 1 is 1.17 bits per heavy atom. The minimum atomic E-state index is 0. The van der Waals surface area contributed by atoms with Crippen molar-refractivity contribution in [1.29, 1.82) is 0 Å². The largest absolute Gasteiger partial charge is 2.00 e. The summed E-state index contributed by atoms with van der Waals surface area (Å²) in [5.74, 6) is 0. The number of halogens is 2. The summed E-state index contributed by atoms with van der Waals surface area (Å²) in [5.41, 5.74) is 1.31.